The quantitative estimate of drug-likeness (QED) is 0.356. The lowest BCUT2D eigenvalue weighted by Crippen LogP contribution is -2.53. The van der Waals surface area contributed by atoms with E-state index in [1.165, 1.54) is 0 Å². The summed E-state index contributed by atoms with van der Waals surface area (Å²) < 4.78 is 93.4. The summed E-state index contributed by atoms with van der Waals surface area (Å²) in [5.74, 6) is -5.69. The summed E-state index contributed by atoms with van der Waals surface area (Å²) in [6, 6.07) is 0.928. The average Bonchev–Trinajstić information content (AvgIpc) is 3.49. The molecule has 0 aliphatic carbocycles. The van der Waals surface area contributed by atoms with Gasteiger partial charge in [0, 0.05) is 18.7 Å². The van der Waals surface area contributed by atoms with Gasteiger partial charge in [-0.25, -0.2) is 13.6 Å². The highest BCUT2D eigenvalue weighted by Gasteiger charge is 2.52. The van der Waals surface area contributed by atoms with Crippen molar-refractivity contribution in [3.8, 4) is 0 Å². The molecule has 15 heteroatoms. The van der Waals surface area contributed by atoms with Crippen molar-refractivity contribution in [3.63, 3.8) is 0 Å². The van der Waals surface area contributed by atoms with Gasteiger partial charge in [-0.3, -0.25) is 4.79 Å². The molecular formula is C29H32BF5N2O7. The van der Waals surface area contributed by atoms with E-state index in [2.05, 4.69) is 5.32 Å². The molecule has 9 nitrogen and oxygen atoms in total. The summed E-state index contributed by atoms with van der Waals surface area (Å²) in [7, 11) is -0.683. The van der Waals surface area contributed by atoms with Crippen LogP contribution < -0.4 is 15.7 Å². The number of carbonyl (C=O) groups excluding carboxylic acids is 1. The smallest absolute Gasteiger partial charge is 0.480 e. The number of rotatable bonds is 7. The van der Waals surface area contributed by atoms with Gasteiger partial charge in [-0.05, 0) is 62.0 Å². The lowest BCUT2D eigenvalue weighted by atomic mass is 9.74. The number of carboxylic acid groups (broad SMARTS) is 1. The topological polar surface area (TPSA) is 107 Å². The molecule has 2 aromatic carbocycles. The number of nitrogens with one attached hydrogen (secondary N) is 1. The minimum absolute atomic E-state index is 0.0925. The molecule has 0 saturated carbocycles. The number of carbonyl (C=O) groups is 2. The van der Waals surface area contributed by atoms with Crippen LogP contribution >= 0.6 is 0 Å². The molecule has 0 radical (unpaired) electrons. The molecule has 3 aliphatic heterocycles. The molecule has 1 unspecified atom stereocenters. The Kier molecular flexibility index (Phi) is 8.46. The molecule has 2 aromatic rings. The van der Waals surface area contributed by atoms with Crippen molar-refractivity contribution in [2.75, 3.05) is 24.7 Å². The van der Waals surface area contributed by atoms with Gasteiger partial charge in [-0.15, -0.1) is 0 Å². The number of anilines is 1. The number of morpholine rings is 1. The van der Waals surface area contributed by atoms with Crippen LogP contribution in [-0.2, 0) is 43.2 Å². The molecule has 2 saturated heterocycles. The van der Waals surface area contributed by atoms with E-state index in [1.54, 1.807) is 12.1 Å². The number of nitrogens with zero attached hydrogens (tertiary/aromatic N) is 1. The number of alkyl halides is 3. The van der Waals surface area contributed by atoms with Crippen LogP contribution in [0.1, 0.15) is 54.7 Å². The van der Waals surface area contributed by atoms with Gasteiger partial charge in [0.2, 0.25) is 0 Å². The Morgan fingerprint density at radius 2 is 1.66 bits per heavy atom. The van der Waals surface area contributed by atoms with Crippen molar-refractivity contribution >= 4 is 30.1 Å². The van der Waals surface area contributed by atoms with Gasteiger partial charge in [-0.2, -0.15) is 13.2 Å². The Balaban J connectivity index is 1.36. The van der Waals surface area contributed by atoms with Crippen molar-refractivity contribution < 1.29 is 55.4 Å². The first-order valence-corrected chi connectivity index (χ1v) is 14.0. The van der Waals surface area contributed by atoms with E-state index in [-0.39, 0.29) is 32.8 Å². The maximum absolute atomic E-state index is 15.1. The molecule has 0 bridgehead atoms. The van der Waals surface area contributed by atoms with Crippen molar-refractivity contribution in [1.82, 2.24) is 5.32 Å². The molecule has 2 N–H and O–H groups in total. The Bertz CT molecular complexity index is 1430. The van der Waals surface area contributed by atoms with E-state index in [1.807, 2.05) is 27.7 Å². The van der Waals surface area contributed by atoms with Crippen LogP contribution in [0.15, 0.2) is 24.3 Å². The van der Waals surface area contributed by atoms with Crippen LogP contribution in [0.4, 0.5) is 27.6 Å². The van der Waals surface area contributed by atoms with Crippen molar-refractivity contribution in [2.45, 2.75) is 76.8 Å². The second kappa shape index (κ2) is 11.6. The van der Waals surface area contributed by atoms with E-state index in [0.717, 1.165) is 15.9 Å². The fourth-order valence-corrected chi connectivity index (χ4v) is 5.52. The summed E-state index contributed by atoms with van der Waals surface area (Å²) in [5.41, 5.74) is 0.0172. The minimum Gasteiger partial charge on any atom is -0.480 e. The summed E-state index contributed by atoms with van der Waals surface area (Å²) in [4.78, 5) is 25.9. The first kappa shape index (κ1) is 32.1. The molecule has 5 rings (SSSR count). The molecule has 3 aliphatic rings. The number of hydrogen-bond donors (Lipinski definition) is 2. The van der Waals surface area contributed by atoms with Gasteiger partial charge >= 0.3 is 19.3 Å². The number of hydrogen-bond acceptors (Lipinski definition) is 7. The molecule has 3 heterocycles. The van der Waals surface area contributed by atoms with Crippen molar-refractivity contribution in [1.29, 1.82) is 0 Å². The van der Waals surface area contributed by atoms with Crippen LogP contribution in [0.5, 0.6) is 0 Å². The van der Waals surface area contributed by atoms with Crippen molar-refractivity contribution in [3.05, 3.63) is 58.2 Å². The van der Waals surface area contributed by atoms with Crippen LogP contribution in [0.25, 0.3) is 0 Å². The third-order valence-corrected chi connectivity index (χ3v) is 8.68. The largest absolute Gasteiger partial charge is 0.495 e. The third-order valence-electron chi connectivity index (χ3n) is 8.68. The number of carboxylic acids is 1. The Labute approximate surface area is 250 Å². The number of fused-ring (bicyclic) bond motifs is 1. The zero-order chi connectivity index (χ0) is 32.2. The molecule has 0 aromatic heterocycles. The van der Waals surface area contributed by atoms with Gasteiger partial charge in [-0.1, -0.05) is 12.1 Å². The summed E-state index contributed by atoms with van der Waals surface area (Å²) >= 11 is 0. The molecule has 238 valence electrons. The lowest BCUT2D eigenvalue weighted by Gasteiger charge is -2.38. The van der Waals surface area contributed by atoms with Gasteiger partial charge < -0.3 is 34.1 Å². The Morgan fingerprint density at radius 3 is 2.25 bits per heavy atom. The maximum atomic E-state index is 15.1. The summed E-state index contributed by atoms with van der Waals surface area (Å²) in [6.45, 7) is 6.97. The molecular weight excluding hydrogens is 594 g/mol. The molecule has 2 atom stereocenters. The predicted molar refractivity (Wildman–Crippen MR) is 148 cm³/mol. The zero-order valence-electron chi connectivity index (χ0n) is 24.5. The monoisotopic (exact) mass is 626 g/mol. The van der Waals surface area contributed by atoms with Gasteiger partial charge in [0.1, 0.15) is 29.3 Å². The number of halogens is 5. The van der Waals surface area contributed by atoms with Crippen molar-refractivity contribution in [2.24, 2.45) is 0 Å². The SMILES string of the molecule is CC1(C)OB(c2ccc(CC(NC(=O)c3c(F)cc(N4CCOC[C@@H]4C(F)(F)F)cc3F)C(=O)O)c3c2COC3)OC1(C)C. The number of ether oxygens (including phenoxy) is 2. The van der Waals surface area contributed by atoms with Crippen LogP contribution in [0.3, 0.4) is 0 Å². The lowest BCUT2D eigenvalue weighted by molar-refractivity contribution is -0.167. The first-order valence-electron chi connectivity index (χ1n) is 14.0. The first-order chi connectivity index (χ1) is 20.5. The van der Waals surface area contributed by atoms with E-state index in [0.29, 0.717) is 23.3 Å². The standard InChI is InChI=1S/C29H32BF5N2O7/c1-27(2)28(3,4)44-30(43-27)19-6-5-15(17-12-42-13-18(17)19)9-22(26(39)40)36-25(38)24-20(31)10-16(11-21(24)32)37-7-8-41-14-23(37)29(33,34)35/h5-6,10-11,22-23H,7-9,12-14H2,1-4H3,(H,36,38)(H,39,40)/t22?,23-/m1/s1. The maximum Gasteiger partial charge on any atom is 0.495 e. The fraction of sp³-hybridized carbons (Fsp3) is 0.517. The Morgan fingerprint density at radius 1 is 1.05 bits per heavy atom. The minimum atomic E-state index is -4.73. The molecule has 2 fully saturated rings. The fourth-order valence-electron chi connectivity index (χ4n) is 5.52. The van der Waals surface area contributed by atoms with Crippen LogP contribution in [-0.4, -0.2) is 73.3 Å². The number of amides is 1. The van der Waals surface area contributed by atoms with Gasteiger partial charge in [0.05, 0.1) is 37.6 Å². The second-order valence-electron chi connectivity index (χ2n) is 12.0. The number of aliphatic carboxylic acids is 1. The highest BCUT2D eigenvalue weighted by molar-refractivity contribution is 6.62. The van der Waals surface area contributed by atoms with Gasteiger partial charge in [0.15, 0.2) is 0 Å². The highest BCUT2D eigenvalue weighted by atomic mass is 19.4. The highest BCUT2D eigenvalue weighted by Crippen LogP contribution is 2.38. The van der Waals surface area contributed by atoms with E-state index >= 15 is 8.78 Å². The van der Waals surface area contributed by atoms with Crippen LogP contribution in [0, 0.1) is 11.6 Å². The summed E-state index contributed by atoms with van der Waals surface area (Å²) in [5, 5.41) is 12.0. The number of benzene rings is 2. The zero-order valence-corrected chi connectivity index (χ0v) is 24.5. The molecule has 44 heavy (non-hydrogen) atoms. The average molecular weight is 626 g/mol. The second-order valence-corrected chi connectivity index (χ2v) is 12.0. The molecule has 0 spiro atoms. The van der Waals surface area contributed by atoms with E-state index in [9.17, 15) is 27.9 Å². The molecule has 1 amide bonds. The van der Waals surface area contributed by atoms with E-state index < -0.39 is 77.9 Å². The summed E-state index contributed by atoms with van der Waals surface area (Å²) in [6.07, 6.45) is -4.97. The van der Waals surface area contributed by atoms with Gasteiger partial charge in [0.25, 0.3) is 5.91 Å². The third kappa shape index (κ3) is 6.02. The predicted octanol–water partition coefficient (Wildman–Crippen LogP) is 3.49. The normalized spacial score (nSPS) is 21.7. The Hall–Kier alpha value is -3.27. The van der Waals surface area contributed by atoms with E-state index in [4.69, 9.17) is 18.8 Å². The van der Waals surface area contributed by atoms with Crippen LogP contribution in [0.2, 0.25) is 0 Å².